The summed E-state index contributed by atoms with van der Waals surface area (Å²) in [5, 5.41) is 2.00. The van der Waals surface area contributed by atoms with Gasteiger partial charge in [0.1, 0.15) is 5.75 Å². The molecule has 0 saturated carbocycles. The van der Waals surface area contributed by atoms with Crippen molar-refractivity contribution in [3.05, 3.63) is 46.7 Å². The Labute approximate surface area is 116 Å². The van der Waals surface area contributed by atoms with Crippen molar-refractivity contribution < 1.29 is 9.53 Å². The molecule has 0 aliphatic rings. The number of carbonyl (C=O) groups is 1. The number of nitrogen functional groups attached to an aromatic ring is 1. The number of carbonyl (C=O) groups excluding carboxylic acids is 1. The van der Waals surface area contributed by atoms with Crippen molar-refractivity contribution in [1.29, 1.82) is 0 Å². The Morgan fingerprint density at radius 1 is 1.32 bits per heavy atom. The maximum Gasteiger partial charge on any atom is 0.260 e. The number of thiophene rings is 1. The summed E-state index contributed by atoms with van der Waals surface area (Å²) in [5.41, 5.74) is 6.25. The number of hydrogen-bond donors (Lipinski definition) is 1. The minimum Gasteiger partial charge on any atom is -0.484 e. The van der Waals surface area contributed by atoms with Gasteiger partial charge in [-0.2, -0.15) is 0 Å². The second-order valence-corrected chi connectivity index (χ2v) is 5.22. The van der Waals surface area contributed by atoms with Crippen LogP contribution in [0.15, 0.2) is 41.8 Å². The van der Waals surface area contributed by atoms with Crippen LogP contribution >= 0.6 is 11.3 Å². The molecular weight excluding hydrogens is 260 g/mol. The lowest BCUT2D eigenvalue weighted by Crippen LogP contribution is -2.30. The normalized spacial score (nSPS) is 10.2. The Kier molecular flexibility index (Phi) is 4.41. The van der Waals surface area contributed by atoms with Crippen LogP contribution in [0.1, 0.15) is 4.88 Å². The molecule has 2 rings (SSSR count). The summed E-state index contributed by atoms with van der Waals surface area (Å²) in [4.78, 5) is 14.7. The fraction of sp³-hybridized carbons (Fsp3) is 0.214. The first-order valence-electron chi connectivity index (χ1n) is 5.90. The van der Waals surface area contributed by atoms with Gasteiger partial charge in [0, 0.05) is 17.6 Å². The SMILES string of the molecule is CN(Cc1cccs1)C(=O)COc1ccc(N)cc1. The first-order chi connectivity index (χ1) is 9.15. The first kappa shape index (κ1) is 13.4. The van der Waals surface area contributed by atoms with Gasteiger partial charge in [-0.3, -0.25) is 4.79 Å². The van der Waals surface area contributed by atoms with Crippen molar-refractivity contribution in [1.82, 2.24) is 4.90 Å². The Hall–Kier alpha value is -2.01. The van der Waals surface area contributed by atoms with E-state index in [2.05, 4.69) is 0 Å². The van der Waals surface area contributed by atoms with Crippen LogP contribution in [0.25, 0.3) is 0 Å². The molecule has 1 heterocycles. The maximum absolute atomic E-state index is 11.9. The van der Waals surface area contributed by atoms with E-state index in [1.54, 1.807) is 47.5 Å². The molecule has 0 atom stereocenters. The van der Waals surface area contributed by atoms with Crippen LogP contribution in [0.4, 0.5) is 5.69 Å². The van der Waals surface area contributed by atoms with Gasteiger partial charge >= 0.3 is 0 Å². The largest absolute Gasteiger partial charge is 0.484 e. The van der Waals surface area contributed by atoms with Crippen LogP contribution in [0.5, 0.6) is 5.75 Å². The van der Waals surface area contributed by atoms with Crippen LogP contribution < -0.4 is 10.5 Å². The van der Waals surface area contributed by atoms with E-state index in [0.717, 1.165) is 4.88 Å². The molecule has 0 unspecified atom stereocenters. The first-order valence-corrected chi connectivity index (χ1v) is 6.78. The van der Waals surface area contributed by atoms with Crippen molar-refractivity contribution in [3.8, 4) is 5.75 Å². The van der Waals surface area contributed by atoms with E-state index >= 15 is 0 Å². The Morgan fingerprint density at radius 3 is 2.68 bits per heavy atom. The zero-order chi connectivity index (χ0) is 13.7. The third-order valence-corrected chi connectivity index (χ3v) is 3.50. The summed E-state index contributed by atoms with van der Waals surface area (Å²) in [5.74, 6) is 0.595. The molecule has 0 spiro atoms. The van der Waals surface area contributed by atoms with Crippen molar-refractivity contribution in [2.75, 3.05) is 19.4 Å². The fourth-order valence-corrected chi connectivity index (χ4v) is 2.30. The number of ether oxygens (including phenoxy) is 1. The standard InChI is InChI=1S/C14H16N2O2S/c1-16(9-13-3-2-8-19-13)14(17)10-18-12-6-4-11(15)5-7-12/h2-8H,9-10,15H2,1H3. The molecule has 0 radical (unpaired) electrons. The van der Waals surface area contributed by atoms with E-state index in [0.29, 0.717) is 18.0 Å². The molecule has 100 valence electrons. The summed E-state index contributed by atoms with van der Waals surface area (Å²) in [6.45, 7) is 0.646. The van der Waals surface area contributed by atoms with Gasteiger partial charge in [0.25, 0.3) is 5.91 Å². The Bertz CT molecular complexity index is 523. The number of nitrogens with zero attached hydrogens (tertiary/aromatic N) is 1. The topological polar surface area (TPSA) is 55.6 Å². The molecule has 5 heteroatoms. The van der Waals surface area contributed by atoms with E-state index in [1.807, 2.05) is 17.5 Å². The van der Waals surface area contributed by atoms with E-state index in [9.17, 15) is 4.79 Å². The lowest BCUT2D eigenvalue weighted by molar-refractivity contribution is -0.132. The molecule has 1 aromatic carbocycles. The van der Waals surface area contributed by atoms with Crippen LogP contribution in [-0.4, -0.2) is 24.5 Å². The predicted octanol–water partition coefficient (Wildman–Crippen LogP) is 2.37. The van der Waals surface area contributed by atoms with Gasteiger partial charge in [0.2, 0.25) is 0 Å². The van der Waals surface area contributed by atoms with Gasteiger partial charge in [-0.1, -0.05) is 6.07 Å². The molecule has 0 bridgehead atoms. The average molecular weight is 276 g/mol. The Morgan fingerprint density at radius 2 is 2.05 bits per heavy atom. The fourth-order valence-electron chi connectivity index (χ4n) is 1.54. The molecule has 0 saturated heterocycles. The molecule has 2 N–H and O–H groups in total. The lowest BCUT2D eigenvalue weighted by Gasteiger charge is -2.16. The van der Waals surface area contributed by atoms with Gasteiger partial charge in [-0.05, 0) is 35.7 Å². The summed E-state index contributed by atoms with van der Waals surface area (Å²) in [7, 11) is 1.77. The number of amides is 1. The van der Waals surface area contributed by atoms with Gasteiger partial charge < -0.3 is 15.4 Å². The summed E-state index contributed by atoms with van der Waals surface area (Å²) in [6, 6.07) is 11.0. The van der Waals surface area contributed by atoms with Crippen molar-refractivity contribution >= 4 is 22.9 Å². The van der Waals surface area contributed by atoms with E-state index in [4.69, 9.17) is 10.5 Å². The summed E-state index contributed by atoms with van der Waals surface area (Å²) < 4.78 is 5.42. The minimum atomic E-state index is -0.0507. The smallest absolute Gasteiger partial charge is 0.260 e. The zero-order valence-electron chi connectivity index (χ0n) is 10.7. The van der Waals surface area contributed by atoms with E-state index in [-0.39, 0.29) is 12.5 Å². The highest BCUT2D eigenvalue weighted by molar-refractivity contribution is 7.09. The predicted molar refractivity (Wildman–Crippen MR) is 77.1 cm³/mol. The van der Waals surface area contributed by atoms with Crippen LogP contribution in [0.3, 0.4) is 0 Å². The third kappa shape index (κ3) is 3.99. The second kappa shape index (κ2) is 6.24. The highest BCUT2D eigenvalue weighted by atomic mass is 32.1. The number of rotatable bonds is 5. The van der Waals surface area contributed by atoms with Crippen LogP contribution in [0, 0.1) is 0 Å². The third-order valence-electron chi connectivity index (χ3n) is 2.64. The van der Waals surface area contributed by atoms with E-state index in [1.165, 1.54) is 0 Å². The second-order valence-electron chi connectivity index (χ2n) is 4.19. The quantitative estimate of drug-likeness (QED) is 0.853. The number of nitrogens with two attached hydrogens (primary N) is 1. The van der Waals surface area contributed by atoms with Gasteiger partial charge in [0.05, 0.1) is 6.54 Å². The van der Waals surface area contributed by atoms with Crippen LogP contribution in [-0.2, 0) is 11.3 Å². The minimum absolute atomic E-state index is 0.0335. The molecule has 0 fully saturated rings. The highest BCUT2D eigenvalue weighted by Crippen LogP contribution is 2.14. The molecular formula is C14H16N2O2S. The monoisotopic (exact) mass is 276 g/mol. The van der Waals surface area contributed by atoms with Gasteiger partial charge in [0.15, 0.2) is 6.61 Å². The lowest BCUT2D eigenvalue weighted by atomic mass is 10.3. The highest BCUT2D eigenvalue weighted by Gasteiger charge is 2.10. The number of hydrogen-bond acceptors (Lipinski definition) is 4. The van der Waals surface area contributed by atoms with Gasteiger partial charge in [-0.15, -0.1) is 11.3 Å². The number of likely N-dealkylation sites (N-methyl/N-ethyl adjacent to an activating group) is 1. The molecule has 1 amide bonds. The molecule has 0 aliphatic heterocycles. The summed E-state index contributed by atoms with van der Waals surface area (Å²) in [6.07, 6.45) is 0. The molecule has 19 heavy (non-hydrogen) atoms. The average Bonchev–Trinajstić information content (AvgIpc) is 2.90. The zero-order valence-corrected chi connectivity index (χ0v) is 11.5. The van der Waals surface area contributed by atoms with Crippen molar-refractivity contribution in [2.24, 2.45) is 0 Å². The van der Waals surface area contributed by atoms with Crippen LogP contribution in [0.2, 0.25) is 0 Å². The molecule has 1 aromatic heterocycles. The molecule has 2 aromatic rings. The van der Waals surface area contributed by atoms with E-state index < -0.39 is 0 Å². The number of anilines is 1. The molecule has 4 nitrogen and oxygen atoms in total. The van der Waals surface area contributed by atoms with Gasteiger partial charge in [-0.25, -0.2) is 0 Å². The van der Waals surface area contributed by atoms with Crippen molar-refractivity contribution in [2.45, 2.75) is 6.54 Å². The summed E-state index contributed by atoms with van der Waals surface area (Å²) >= 11 is 1.64. The number of benzene rings is 1. The molecule has 0 aliphatic carbocycles. The van der Waals surface area contributed by atoms with Crippen molar-refractivity contribution in [3.63, 3.8) is 0 Å². The Balaban J connectivity index is 1.82. The maximum atomic E-state index is 11.9.